The molecule has 2 aliphatic carbocycles. The Morgan fingerprint density at radius 1 is 0.453 bits per heavy atom. The number of nitrogens with two attached hydrogens (primary N) is 1. The molecule has 64 heavy (non-hydrogen) atoms. The molecule has 0 fully saturated rings. The Balaban J connectivity index is 0.000000518. The Morgan fingerprint density at radius 3 is 1.64 bits per heavy atom. The van der Waals surface area contributed by atoms with E-state index in [1.165, 1.54) is 83.7 Å². The Hall–Kier alpha value is -7.26. The van der Waals surface area contributed by atoms with Crippen LogP contribution in [0.1, 0.15) is 77.8 Å². The van der Waals surface area contributed by atoms with Crippen LogP contribution in [-0.4, -0.2) is 0 Å². The minimum atomic E-state index is -0.751. The number of aryl methyl sites for hydroxylation is 1. The molecule has 0 aromatic heterocycles. The zero-order valence-electron chi connectivity index (χ0n) is 37.0. The van der Waals surface area contributed by atoms with E-state index >= 15 is 0 Å². The van der Waals surface area contributed by atoms with Crippen LogP contribution in [0.4, 0.5) is 17.1 Å². The average molecular weight is 825 g/mol. The summed E-state index contributed by atoms with van der Waals surface area (Å²) < 4.78 is 0. The van der Waals surface area contributed by atoms with Crippen LogP contribution in [0.3, 0.4) is 0 Å². The predicted molar refractivity (Wildman–Crippen MR) is 268 cm³/mol. The third-order valence-corrected chi connectivity index (χ3v) is 14.4. The summed E-state index contributed by atoms with van der Waals surface area (Å²) >= 11 is 0. The van der Waals surface area contributed by atoms with Crippen molar-refractivity contribution in [2.45, 2.75) is 50.5 Å². The quantitative estimate of drug-likeness (QED) is 0.187. The minimum Gasteiger partial charge on any atom is -0.318 e. The largest absolute Gasteiger partial charge is 0.318 e. The van der Waals surface area contributed by atoms with E-state index in [4.69, 9.17) is 5.73 Å². The summed E-state index contributed by atoms with van der Waals surface area (Å²) in [6.45, 7) is 9.06. The highest BCUT2D eigenvalue weighted by atomic mass is 15.2. The van der Waals surface area contributed by atoms with Gasteiger partial charge in [0.2, 0.25) is 0 Å². The first-order valence-corrected chi connectivity index (χ1v) is 22.7. The van der Waals surface area contributed by atoms with E-state index < -0.39 is 11.0 Å². The molecule has 2 nitrogen and oxygen atoms in total. The van der Waals surface area contributed by atoms with Crippen molar-refractivity contribution in [3.63, 3.8) is 0 Å². The van der Waals surface area contributed by atoms with Gasteiger partial charge in [-0.05, 0) is 133 Å². The van der Waals surface area contributed by atoms with Crippen LogP contribution >= 0.6 is 0 Å². The van der Waals surface area contributed by atoms with Gasteiger partial charge in [0.15, 0.2) is 0 Å². The highest BCUT2D eigenvalue weighted by molar-refractivity contribution is 5.98. The lowest BCUT2D eigenvalue weighted by Gasteiger charge is -2.45. The van der Waals surface area contributed by atoms with Gasteiger partial charge in [-0.15, -0.1) is 0 Å². The normalized spacial score (nSPS) is 15.0. The first-order valence-electron chi connectivity index (χ1n) is 22.7. The molecule has 0 saturated heterocycles. The monoisotopic (exact) mass is 824 g/mol. The van der Waals surface area contributed by atoms with Gasteiger partial charge in [0.1, 0.15) is 0 Å². The van der Waals surface area contributed by atoms with Crippen molar-refractivity contribution in [2.75, 3.05) is 4.90 Å². The first-order chi connectivity index (χ1) is 31.2. The third kappa shape index (κ3) is 5.90. The van der Waals surface area contributed by atoms with E-state index in [9.17, 15) is 0 Å². The Labute approximate surface area is 378 Å². The molecule has 0 saturated carbocycles. The number of anilines is 3. The average Bonchev–Trinajstić information content (AvgIpc) is 3.77. The molecule has 0 radical (unpaired) electrons. The summed E-state index contributed by atoms with van der Waals surface area (Å²) in [7, 11) is 0. The standard InChI is InChI=1S/C54H42N2.C8H10/c1-52(2)42-22-11-10-21-39(42)40-31-29-36(34-48(40)52)35-30-32-43-41(33-35)51-46(53(3,55)37-17-6-4-7-18-37)25-16-26-47(51)54(43)44-23-12-14-27-49(44)56(38-19-8-5-9-20-38)50-28-15-13-24-45(50)54;1-2-8-6-4-3-5-7-8/h4-34H,55H2,1-3H3;3-7H,2H2,1H3. The van der Waals surface area contributed by atoms with E-state index in [2.05, 4.69) is 245 Å². The fourth-order valence-corrected chi connectivity index (χ4v) is 11.2. The molecule has 1 aliphatic heterocycles. The molecule has 12 rings (SSSR count). The molecule has 1 heterocycles. The van der Waals surface area contributed by atoms with Gasteiger partial charge in [-0.1, -0.05) is 203 Å². The van der Waals surface area contributed by atoms with Gasteiger partial charge < -0.3 is 10.6 Å². The summed E-state index contributed by atoms with van der Waals surface area (Å²) in [6.07, 6.45) is 1.14. The summed E-state index contributed by atoms with van der Waals surface area (Å²) in [5, 5.41) is 0. The maximum Gasteiger partial charge on any atom is 0.0754 e. The Kier molecular flexibility index (Phi) is 9.42. The fraction of sp³-hybridized carbons (Fsp3) is 0.129. The number of nitrogens with zero attached hydrogens (tertiary/aromatic N) is 1. The van der Waals surface area contributed by atoms with E-state index in [1.807, 2.05) is 6.07 Å². The molecule has 0 bridgehead atoms. The summed E-state index contributed by atoms with van der Waals surface area (Å²) in [5.41, 5.74) is 28.7. The van der Waals surface area contributed by atoms with Crippen molar-refractivity contribution in [1.82, 2.24) is 0 Å². The molecule has 1 atom stereocenters. The molecule has 0 amide bonds. The van der Waals surface area contributed by atoms with Crippen molar-refractivity contribution in [2.24, 2.45) is 5.73 Å². The number of hydrogen-bond acceptors (Lipinski definition) is 2. The lowest BCUT2D eigenvalue weighted by atomic mass is 9.64. The molecule has 3 aliphatic rings. The number of rotatable bonds is 5. The van der Waals surface area contributed by atoms with Gasteiger partial charge in [0.25, 0.3) is 0 Å². The lowest BCUT2D eigenvalue weighted by molar-refractivity contribution is 0.603. The van der Waals surface area contributed by atoms with Gasteiger partial charge in [-0.25, -0.2) is 0 Å². The molecule has 310 valence electrons. The maximum atomic E-state index is 7.57. The van der Waals surface area contributed by atoms with Crippen molar-refractivity contribution < 1.29 is 0 Å². The zero-order chi connectivity index (χ0) is 43.6. The third-order valence-electron chi connectivity index (χ3n) is 14.4. The topological polar surface area (TPSA) is 29.3 Å². The molecule has 1 unspecified atom stereocenters. The fourth-order valence-electron chi connectivity index (χ4n) is 11.2. The Bertz CT molecular complexity index is 3150. The van der Waals surface area contributed by atoms with Gasteiger partial charge in [-0.2, -0.15) is 0 Å². The van der Waals surface area contributed by atoms with Crippen LogP contribution in [0, 0.1) is 0 Å². The van der Waals surface area contributed by atoms with E-state index in [0.29, 0.717) is 0 Å². The first kappa shape index (κ1) is 39.6. The van der Waals surface area contributed by atoms with Gasteiger partial charge in [-0.3, -0.25) is 0 Å². The van der Waals surface area contributed by atoms with Crippen LogP contribution in [-0.2, 0) is 22.8 Å². The van der Waals surface area contributed by atoms with Gasteiger partial charge in [0.05, 0.1) is 22.3 Å². The van der Waals surface area contributed by atoms with E-state index in [1.54, 1.807) is 0 Å². The highest BCUT2D eigenvalue weighted by Crippen LogP contribution is 2.65. The minimum absolute atomic E-state index is 0.0836. The molecule has 9 aromatic carbocycles. The lowest BCUT2D eigenvalue weighted by Crippen LogP contribution is -2.37. The number of benzene rings is 9. The van der Waals surface area contributed by atoms with Gasteiger partial charge in [0, 0.05) is 11.1 Å². The summed E-state index contributed by atoms with van der Waals surface area (Å²) in [6, 6.07) is 79.9. The molecule has 9 aromatic rings. The van der Waals surface area contributed by atoms with Crippen molar-refractivity contribution >= 4 is 17.1 Å². The molecule has 2 heteroatoms. The van der Waals surface area contributed by atoms with Crippen LogP contribution in [0.2, 0.25) is 0 Å². The van der Waals surface area contributed by atoms with Crippen molar-refractivity contribution in [1.29, 1.82) is 0 Å². The second kappa shape index (κ2) is 15.2. The van der Waals surface area contributed by atoms with Crippen molar-refractivity contribution in [3.8, 4) is 33.4 Å². The smallest absolute Gasteiger partial charge is 0.0754 e. The second-order valence-corrected chi connectivity index (χ2v) is 18.3. The molecular formula is C62H52N2. The zero-order valence-corrected chi connectivity index (χ0v) is 37.0. The van der Waals surface area contributed by atoms with Crippen molar-refractivity contribution in [3.05, 3.63) is 268 Å². The maximum absolute atomic E-state index is 7.57. The number of fused-ring (bicyclic) bond motifs is 12. The molecule has 2 N–H and O–H groups in total. The highest BCUT2D eigenvalue weighted by Gasteiger charge is 2.53. The van der Waals surface area contributed by atoms with Crippen LogP contribution < -0.4 is 10.6 Å². The second-order valence-electron chi connectivity index (χ2n) is 18.3. The SMILES string of the molecule is CC1(C)c2ccccc2-c2ccc(-c3ccc4c(c3)-c3c(C(C)(N)c5ccccc5)cccc3C43c4ccccc4N(c4ccccc4)c4ccccc43)cc21.CCc1ccccc1. The van der Waals surface area contributed by atoms with Crippen LogP contribution in [0.5, 0.6) is 0 Å². The van der Waals surface area contributed by atoms with E-state index in [-0.39, 0.29) is 5.41 Å². The summed E-state index contributed by atoms with van der Waals surface area (Å²) in [5.74, 6) is 0. The van der Waals surface area contributed by atoms with Gasteiger partial charge >= 0.3 is 0 Å². The summed E-state index contributed by atoms with van der Waals surface area (Å²) in [4.78, 5) is 2.44. The number of para-hydroxylation sites is 3. The predicted octanol–water partition coefficient (Wildman–Crippen LogP) is 15.3. The number of hydrogen-bond donors (Lipinski definition) is 1. The van der Waals surface area contributed by atoms with E-state index in [0.717, 1.165) is 23.2 Å². The van der Waals surface area contributed by atoms with Crippen LogP contribution in [0.15, 0.2) is 218 Å². The molecule has 1 spiro atoms. The Morgan fingerprint density at radius 2 is 0.984 bits per heavy atom. The van der Waals surface area contributed by atoms with Crippen LogP contribution in [0.25, 0.3) is 33.4 Å². The molecular weight excluding hydrogens is 773 g/mol.